The van der Waals surface area contributed by atoms with E-state index in [9.17, 15) is 0 Å². The molecule has 0 aliphatic carbocycles. The second-order valence-corrected chi connectivity index (χ2v) is 2.80. The first-order chi connectivity index (χ1) is 4.22. The van der Waals surface area contributed by atoms with E-state index in [1.165, 1.54) is 11.5 Å². The smallest absolute Gasteiger partial charge is 0.0772 e. The fraction of sp³-hybridized carbons (Fsp3) is 0.600. The van der Waals surface area contributed by atoms with Gasteiger partial charge in [-0.05, 0) is 25.4 Å². The molecule has 2 N–H and O–H groups in total. The van der Waals surface area contributed by atoms with E-state index in [4.69, 9.17) is 5.73 Å². The maximum atomic E-state index is 5.59. The van der Waals surface area contributed by atoms with E-state index in [1.807, 2.05) is 13.8 Å². The summed E-state index contributed by atoms with van der Waals surface area (Å²) in [5, 5.41) is 3.83. The normalized spacial score (nSPS) is 13.7. The van der Waals surface area contributed by atoms with Crippen molar-refractivity contribution in [2.24, 2.45) is 5.73 Å². The Hall–Kier alpha value is -0.480. The Morgan fingerprint density at radius 3 is 2.56 bits per heavy atom. The van der Waals surface area contributed by atoms with Crippen molar-refractivity contribution in [1.29, 1.82) is 0 Å². The molecule has 0 spiro atoms. The largest absolute Gasteiger partial charge is 0.323 e. The monoisotopic (exact) mass is 143 g/mol. The number of hydrogen-bond acceptors (Lipinski definition) is 4. The minimum Gasteiger partial charge on any atom is -0.323 e. The van der Waals surface area contributed by atoms with Crippen LogP contribution in [-0.2, 0) is 0 Å². The van der Waals surface area contributed by atoms with E-state index in [0.29, 0.717) is 0 Å². The fourth-order valence-electron chi connectivity index (χ4n) is 0.654. The van der Waals surface area contributed by atoms with Crippen molar-refractivity contribution >= 4 is 11.5 Å². The SMILES string of the molecule is Cc1nnsc1[C@@H](C)N. The second-order valence-electron chi connectivity index (χ2n) is 2.01. The van der Waals surface area contributed by atoms with Crippen LogP contribution in [0.1, 0.15) is 23.5 Å². The summed E-state index contributed by atoms with van der Waals surface area (Å²) in [5.74, 6) is 0. The lowest BCUT2D eigenvalue weighted by Crippen LogP contribution is -2.03. The number of nitrogens with zero attached hydrogens (tertiary/aromatic N) is 2. The van der Waals surface area contributed by atoms with Gasteiger partial charge in [-0.2, -0.15) is 0 Å². The summed E-state index contributed by atoms with van der Waals surface area (Å²) in [6, 6.07) is 0.0741. The van der Waals surface area contributed by atoms with Crippen molar-refractivity contribution in [1.82, 2.24) is 9.59 Å². The first-order valence-corrected chi connectivity index (χ1v) is 3.53. The zero-order valence-electron chi connectivity index (χ0n) is 5.46. The van der Waals surface area contributed by atoms with Gasteiger partial charge >= 0.3 is 0 Å². The highest BCUT2D eigenvalue weighted by Crippen LogP contribution is 2.15. The number of hydrogen-bond donors (Lipinski definition) is 1. The molecule has 1 aromatic heterocycles. The number of rotatable bonds is 1. The van der Waals surface area contributed by atoms with Gasteiger partial charge in [0.05, 0.1) is 10.6 Å². The summed E-state index contributed by atoms with van der Waals surface area (Å²) in [5.41, 5.74) is 6.54. The summed E-state index contributed by atoms with van der Waals surface area (Å²) in [4.78, 5) is 1.08. The number of nitrogens with two attached hydrogens (primary N) is 1. The first kappa shape index (κ1) is 6.64. The molecule has 0 bridgehead atoms. The first-order valence-electron chi connectivity index (χ1n) is 2.76. The van der Waals surface area contributed by atoms with Crippen molar-refractivity contribution in [3.8, 4) is 0 Å². The maximum absolute atomic E-state index is 5.59. The third kappa shape index (κ3) is 1.25. The van der Waals surface area contributed by atoms with Gasteiger partial charge in [0.25, 0.3) is 0 Å². The standard InChI is InChI=1S/C5H9N3S/c1-3(6)5-4(2)7-8-9-5/h3H,6H2,1-2H3/t3-/m1/s1. The molecular weight excluding hydrogens is 134 g/mol. The molecule has 1 aromatic rings. The summed E-state index contributed by atoms with van der Waals surface area (Å²) >= 11 is 1.37. The third-order valence-electron chi connectivity index (χ3n) is 1.10. The predicted molar refractivity (Wildman–Crippen MR) is 37.2 cm³/mol. The molecule has 4 heteroatoms. The van der Waals surface area contributed by atoms with Crippen molar-refractivity contribution in [2.45, 2.75) is 19.9 Å². The van der Waals surface area contributed by atoms with Crippen LogP contribution in [0.4, 0.5) is 0 Å². The molecule has 0 amide bonds. The predicted octanol–water partition coefficient (Wildman–Crippen LogP) is 0.866. The minimum absolute atomic E-state index is 0.0741. The Morgan fingerprint density at radius 2 is 2.33 bits per heavy atom. The Balaban J connectivity index is 2.94. The van der Waals surface area contributed by atoms with E-state index in [-0.39, 0.29) is 6.04 Å². The van der Waals surface area contributed by atoms with Crippen molar-refractivity contribution < 1.29 is 0 Å². The average Bonchev–Trinajstić information content (AvgIpc) is 2.13. The molecule has 9 heavy (non-hydrogen) atoms. The van der Waals surface area contributed by atoms with Crippen molar-refractivity contribution in [3.05, 3.63) is 10.6 Å². The van der Waals surface area contributed by atoms with Gasteiger partial charge in [-0.1, -0.05) is 4.49 Å². The highest BCUT2D eigenvalue weighted by molar-refractivity contribution is 7.05. The molecule has 1 heterocycles. The molecule has 1 atom stereocenters. The van der Waals surface area contributed by atoms with E-state index in [2.05, 4.69) is 9.59 Å². The molecule has 0 aromatic carbocycles. The Labute approximate surface area is 58.1 Å². The summed E-state index contributed by atoms with van der Waals surface area (Å²) in [6.07, 6.45) is 0. The van der Waals surface area contributed by atoms with Gasteiger partial charge in [-0.15, -0.1) is 5.10 Å². The minimum atomic E-state index is 0.0741. The molecule has 0 aliphatic heterocycles. The number of aryl methyl sites for hydroxylation is 1. The van der Waals surface area contributed by atoms with Gasteiger partial charge < -0.3 is 5.73 Å². The zero-order valence-corrected chi connectivity index (χ0v) is 6.27. The molecular formula is C5H9N3S. The van der Waals surface area contributed by atoms with Crippen LogP contribution in [0, 0.1) is 6.92 Å². The molecule has 3 nitrogen and oxygen atoms in total. The van der Waals surface area contributed by atoms with Gasteiger partial charge in [0, 0.05) is 6.04 Å². The van der Waals surface area contributed by atoms with Gasteiger partial charge in [0.15, 0.2) is 0 Å². The Morgan fingerprint density at radius 1 is 1.67 bits per heavy atom. The quantitative estimate of drug-likeness (QED) is 0.634. The molecule has 1 rings (SSSR count). The molecule has 0 saturated carbocycles. The summed E-state index contributed by atoms with van der Waals surface area (Å²) < 4.78 is 3.75. The fourth-order valence-corrected chi connectivity index (χ4v) is 1.24. The van der Waals surface area contributed by atoms with Crippen LogP contribution in [-0.4, -0.2) is 9.59 Å². The van der Waals surface area contributed by atoms with Crippen molar-refractivity contribution in [3.63, 3.8) is 0 Å². The van der Waals surface area contributed by atoms with Crippen LogP contribution < -0.4 is 5.73 Å². The van der Waals surface area contributed by atoms with Crippen LogP contribution in [0.25, 0.3) is 0 Å². The molecule has 0 saturated heterocycles. The number of aromatic nitrogens is 2. The molecule has 0 aliphatic rings. The lowest BCUT2D eigenvalue weighted by Gasteiger charge is -1.97. The third-order valence-corrected chi connectivity index (χ3v) is 2.13. The van der Waals surface area contributed by atoms with Gasteiger partial charge in [0.2, 0.25) is 0 Å². The van der Waals surface area contributed by atoms with Gasteiger partial charge in [0.1, 0.15) is 0 Å². The zero-order chi connectivity index (χ0) is 6.85. The molecule has 50 valence electrons. The average molecular weight is 143 g/mol. The summed E-state index contributed by atoms with van der Waals surface area (Å²) in [7, 11) is 0. The Kier molecular flexibility index (Phi) is 1.78. The van der Waals surface area contributed by atoms with Crippen LogP contribution in [0.5, 0.6) is 0 Å². The molecule has 0 radical (unpaired) electrons. The van der Waals surface area contributed by atoms with Crippen LogP contribution in [0.2, 0.25) is 0 Å². The van der Waals surface area contributed by atoms with E-state index in [1.54, 1.807) is 0 Å². The lowest BCUT2D eigenvalue weighted by atomic mass is 10.2. The Bertz CT molecular complexity index is 194. The van der Waals surface area contributed by atoms with Gasteiger partial charge in [-0.3, -0.25) is 0 Å². The summed E-state index contributed by atoms with van der Waals surface area (Å²) in [6.45, 7) is 3.85. The van der Waals surface area contributed by atoms with E-state index in [0.717, 1.165) is 10.6 Å². The molecule has 0 unspecified atom stereocenters. The topological polar surface area (TPSA) is 51.8 Å². The second kappa shape index (κ2) is 2.41. The van der Waals surface area contributed by atoms with Gasteiger partial charge in [-0.25, -0.2) is 0 Å². The highest BCUT2D eigenvalue weighted by atomic mass is 32.1. The highest BCUT2D eigenvalue weighted by Gasteiger charge is 2.05. The lowest BCUT2D eigenvalue weighted by molar-refractivity contribution is 0.823. The van der Waals surface area contributed by atoms with Crippen LogP contribution >= 0.6 is 11.5 Å². The van der Waals surface area contributed by atoms with Crippen LogP contribution in [0.15, 0.2) is 0 Å². The van der Waals surface area contributed by atoms with Crippen LogP contribution in [0.3, 0.4) is 0 Å². The molecule has 0 fully saturated rings. The maximum Gasteiger partial charge on any atom is 0.0772 e. The van der Waals surface area contributed by atoms with Crippen molar-refractivity contribution in [2.75, 3.05) is 0 Å². The van der Waals surface area contributed by atoms with E-state index >= 15 is 0 Å². The van der Waals surface area contributed by atoms with E-state index < -0.39 is 0 Å².